The molecule has 0 aliphatic rings. The molecule has 0 spiro atoms. The molecule has 0 saturated carbocycles. The Hall–Kier alpha value is -1.80. The lowest BCUT2D eigenvalue weighted by molar-refractivity contribution is -0.120. The maximum atomic E-state index is 11.8. The summed E-state index contributed by atoms with van der Waals surface area (Å²) in [5, 5.41) is 0. The summed E-state index contributed by atoms with van der Waals surface area (Å²) in [7, 11) is 1.52. The number of ether oxygens (including phenoxy) is 1. The first-order valence-corrected chi connectivity index (χ1v) is 8.26. The third kappa shape index (κ3) is 5.19. The van der Waals surface area contributed by atoms with Crippen LogP contribution in [0.5, 0.6) is 5.88 Å². The van der Waals surface area contributed by atoms with Gasteiger partial charge >= 0.3 is 0 Å². The predicted octanol–water partition coefficient (Wildman–Crippen LogP) is 2.87. The summed E-state index contributed by atoms with van der Waals surface area (Å²) in [5.74, 6) is 1.25. The van der Waals surface area contributed by atoms with Crippen molar-refractivity contribution in [1.29, 1.82) is 0 Å². The van der Waals surface area contributed by atoms with Crippen LogP contribution in [-0.2, 0) is 4.79 Å². The molecule has 1 aromatic carbocycles. The number of rotatable bonds is 7. The number of anilines is 1. The number of hydrazine groups is 1. The minimum Gasteiger partial charge on any atom is -0.481 e. The second-order valence-electron chi connectivity index (χ2n) is 4.12. The number of methoxy groups -OCH3 is 1. The largest absolute Gasteiger partial charge is 0.481 e. The van der Waals surface area contributed by atoms with Gasteiger partial charge in [-0.2, -0.15) is 4.98 Å². The fourth-order valence-corrected chi connectivity index (χ4v) is 3.04. The lowest BCUT2D eigenvalue weighted by Gasteiger charge is -2.08. The number of nitrogens with one attached hydrogen (secondary N) is 2. The predicted molar refractivity (Wildman–Crippen MR) is 89.8 cm³/mol. The second kappa shape index (κ2) is 8.60. The lowest BCUT2D eigenvalue weighted by Crippen LogP contribution is -2.30. The van der Waals surface area contributed by atoms with Crippen LogP contribution in [-0.4, -0.2) is 28.7 Å². The first-order valence-electron chi connectivity index (χ1n) is 6.48. The Kier molecular flexibility index (Phi) is 6.47. The van der Waals surface area contributed by atoms with Crippen molar-refractivity contribution in [3.63, 3.8) is 0 Å². The van der Waals surface area contributed by atoms with Gasteiger partial charge in [-0.25, -0.2) is 4.98 Å². The van der Waals surface area contributed by atoms with Gasteiger partial charge in [0.15, 0.2) is 0 Å². The van der Waals surface area contributed by atoms with Gasteiger partial charge in [0.25, 0.3) is 0 Å². The summed E-state index contributed by atoms with van der Waals surface area (Å²) >= 11 is 5.09. The highest BCUT2D eigenvalue weighted by atomic mass is 79.9. The number of amides is 1. The van der Waals surface area contributed by atoms with Crippen LogP contribution < -0.4 is 15.6 Å². The van der Waals surface area contributed by atoms with Crippen molar-refractivity contribution in [2.75, 3.05) is 18.3 Å². The molecule has 0 aliphatic carbocycles. The molecule has 6 nitrogen and oxygen atoms in total. The van der Waals surface area contributed by atoms with Gasteiger partial charge in [0.1, 0.15) is 0 Å². The van der Waals surface area contributed by atoms with Crippen molar-refractivity contribution in [2.24, 2.45) is 0 Å². The molecule has 22 heavy (non-hydrogen) atoms. The van der Waals surface area contributed by atoms with Crippen molar-refractivity contribution in [3.8, 4) is 5.88 Å². The van der Waals surface area contributed by atoms with Crippen LogP contribution >= 0.6 is 27.7 Å². The summed E-state index contributed by atoms with van der Waals surface area (Å²) < 4.78 is 6.01. The van der Waals surface area contributed by atoms with Crippen LogP contribution in [0.1, 0.15) is 6.42 Å². The van der Waals surface area contributed by atoms with Crippen LogP contribution in [0, 0.1) is 0 Å². The molecular formula is C14H15BrN4O2S. The van der Waals surface area contributed by atoms with E-state index in [1.807, 2.05) is 24.3 Å². The standard InChI is InChI=1S/C14H15BrN4O2S/c1-21-13-6-8-16-14(17-13)19-18-12(20)7-9-22-11-5-3-2-4-10(11)15/h2-6,8H,7,9H2,1H3,(H,18,20)(H,16,17,19). The topological polar surface area (TPSA) is 76.1 Å². The summed E-state index contributed by atoms with van der Waals surface area (Å²) in [6.07, 6.45) is 1.92. The van der Waals surface area contributed by atoms with E-state index in [9.17, 15) is 4.79 Å². The Morgan fingerprint density at radius 3 is 2.95 bits per heavy atom. The normalized spacial score (nSPS) is 10.1. The SMILES string of the molecule is COc1ccnc(NNC(=O)CCSc2ccccc2Br)n1. The maximum Gasteiger partial charge on any atom is 0.245 e. The Labute approximate surface area is 141 Å². The van der Waals surface area contributed by atoms with E-state index in [-0.39, 0.29) is 11.9 Å². The smallest absolute Gasteiger partial charge is 0.245 e. The number of hydrogen-bond donors (Lipinski definition) is 2. The molecule has 0 unspecified atom stereocenters. The van der Waals surface area contributed by atoms with Crippen LogP contribution in [0.2, 0.25) is 0 Å². The summed E-state index contributed by atoms with van der Waals surface area (Å²) in [6.45, 7) is 0. The van der Waals surface area contributed by atoms with Gasteiger partial charge in [-0.1, -0.05) is 12.1 Å². The third-order valence-electron chi connectivity index (χ3n) is 2.58. The zero-order valence-corrected chi connectivity index (χ0v) is 14.3. The second-order valence-corrected chi connectivity index (χ2v) is 6.12. The summed E-state index contributed by atoms with van der Waals surface area (Å²) in [6, 6.07) is 9.54. The minimum absolute atomic E-state index is 0.133. The van der Waals surface area contributed by atoms with E-state index in [1.54, 1.807) is 24.0 Å². The summed E-state index contributed by atoms with van der Waals surface area (Å²) in [4.78, 5) is 20.9. The quantitative estimate of drug-likeness (QED) is 0.566. The fraction of sp³-hybridized carbons (Fsp3) is 0.214. The van der Waals surface area contributed by atoms with Crippen LogP contribution in [0.25, 0.3) is 0 Å². The number of carbonyl (C=O) groups excluding carboxylic acids is 1. The average molecular weight is 383 g/mol. The zero-order valence-electron chi connectivity index (χ0n) is 11.9. The van der Waals surface area contributed by atoms with Crippen LogP contribution in [0.15, 0.2) is 45.9 Å². The number of hydrogen-bond acceptors (Lipinski definition) is 6. The Bertz CT molecular complexity index is 642. The molecule has 1 amide bonds. The highest BCUT2D eigenvalue weighted by Crippen LogP contribution is 2.27. The van der Waals surface area contributed by atoms with Crippen molar-refractivity contribution in [2.45, 2.75) is 11.3 Å². The molecule has 116 valence electrons. The number of halogens is 1. The molecule has 0 aliphatic heterocycles. The molecule has 0 fully saturated rings. The first-order chi connectivity index (χ1) is 10.7. The molecule has 2 aromatic rings. The number of nitrogens with zero attached hydrogens (tertiary/aromatic N) is 2. The van der Waals surface area contributed by atoms with Gasteiger partial charge in [-0.05, 0) is 28.1 Å². The fourth-order valence-electron chi connectivity index (χ4n) is 1.52. The molecule has 0 atom stereocenters. The van der Waals surface area contributed by atoms with E-state index >= 15 is 0 Å². The molecule has 0 bridgehead atoms. The van der Waals surface area contributed by atoms with Gasteiger partial charge in [0, 0.05) is 33.8 Å². The van der Waals surface area contributed by atoms with E-state index in [4.69, 9.17) is 4.74 Å². The monoisotopic (exact) mass is 382 g/mol. The van der Waals surface area contributed by atoms with E-state index in [0.717, 1.165) is 9.37 Å². The van der Waals surface area contributed by atoms with Gasteiger partial charge in [-0.15, -0.1) is 11.8 Å². The maximum absolute atomic E-state index is 11.8. The van der Waals surface area contributed by atoms with E-state index in [1.165, 1.54) is 7.11 Å². The molecule has 2 N–H and O–H groups in total. The highest BCUT2D eigenvalue weighted by Gasteiger charge is 2.05. The number of aromatic nitrogens is 2. The average Bonchev–Trinajstić information content (AvgIpc) is 2.55. The van der Waals surface area contributed by atoms with E-state index < -0.39 is 0 Å². The van der Waals surface area contributed by atoms with Gasteiger partial charge in [-0.3, -0.25) is 15.6 Å². The van der Waals surface area contributed by atoms with E-state index in [0.29, 0.717) is 18.1 Å². The highest BCUT2D eigenvalue weighted by molar-refractivity contribution is 9.10. The molecular weight excluding hydrogens is 368 g/mol. The third-order valence-corrected chi connectivity index (χ3v) is 4.61. The first kappa shape index (κ1) is 16.6. The van der Waals surface area contributed by atoms with E-state index in [2.05, 4.69) is 36.7 Å². The van der Waals surface area contributed by atoms with Gasteiger partial charge in [0.05, 0.1) is 7.11 Å². The lowest BCUT2D eigenvalue weighted by atomic mass is 10.4. The van der Waals surface area contributed by atoms with Crippen LogP contribution in [0.4, 0.5) is 5.95 Å². The number of benzene rings is 1. The van der Waals surface area contributed by atoms with Gasteiger partial charge in [0.2, 0.25) is 17.7 Å². The Morgan fingerprint density at radius 1 is 1.36 bits per heavy atom. The molecule has 0 radical (unpaired) electrons. The Morgan fingerprint density at radius 2 is 2.18 bits per heavy atom. The van der Waals surface area contributed by atoms with Crippen molar-refractivity contribution < 1.29 is 9.53 Å². The molecule has 1 heterocycles. The van der Waals surface area contributed by atoms with Crippen molar-refractivity contribution >= 4 is 39.5 Å². The number of carbonyl (C=O) groups is 1. The molecule has 2 rings (SSSR count). The van der Waals surface area contributed by atoms with Crippen molar-refractivity contribution in [1.82, 2.24) is 15.4 Å². The van der Waals surface area contributed by atoms with Gasteiger partial charge < -0.3 is 4.74 Å². The molecule has 8 heteroatoms. The van der Waals surface area contributed by atoms with Crippen LogP contribution in [0.3, 0.4) is 0 Å². The summed E-state index contributed by atoms with van der Waals surface area (Å²) in [5.41, 5.74) is 5.22. The molecule has 1 aromatic heterocycles. The minimum atomic E-state index is -0.133. The van der Waals surface area contributed by atoms with Crippen molar-refractivity contribution in [3.05, 3.63) is 41.0 Å². The Balaban J connectivity index is 1.73. The molecule has 0 saturated heterocycles. The zero-order chi connectivity index (χ0) is 15.8. The number of thioether (sulfide) groups is 1.